The Morgan fingerprint density at radius 3 is 2.02 bits per heavy atom. The van der Waals surface area contributed by atoms with Crippen LogP contribution in [-0.2, 0) is 0 Å². The Balaban J connectivity index is 1.28. The van der Waals surface area contributed by atoms with Gasteiger partial charge in [0.05, 0.1) is 11.2 Å². The average Bonchev–Trinajstić information content (AvgIpc) is 3.46. The summed E-state index contributed by atoms with van der Waals surface area (Å²) in [6.07, 6.45) is 0. The van der Waals surface area contributed by atoms with E-state index in [1.807, 2.05) is 12.1 Å². The van der Waals surface area contributed by atoms with E-state index < -0.39 is 0 Å². The van der Waals surface area contributed by atoms with Gasteiger partial charge in [0.1, 0.15) is 11.2 Å². The first-order chi connectivity index (χ1) is 21.3. The zero-order chi connectivity index (χ0) is 28.3. The molecule has 200 valence electrons. The lowest BCUT2D eigenvalue weighted by atomic mass is 9.95. The topological polar surface area (TPSA) is 38.9 Å². The average molecular weight is 549 g/mol. The second-order valence-corrected chi connectivity index (χ2v) is 11.0. The number of hydrogen-bond donors (Lipinski definition) is 0. The number of fused-ring (bicyclic) bond motifs is 7. The minimum Gasteiger partial charge on any atom is -0.455 e. The largest absolute Gasteiger partial charge is 0.455 e. The zero-order valence-corrected chi connectivity index (χ0v) is 23.2. The van der Waals surface area contributed by atoms with Crippen LogP contribution in [0.5, 0.6) is 0 Å². The van der Waals surface area contributed by atoms with Crippen LogP contribution in [0.15, 0.2) is 150 Å². The van der Waals surface area contributed by atoms with E-state index in [0.29, 0.717) is 5.82 Å². The van der Waals surface area contributed by atoms with Crippen LogP contribution in [0.3, 0.4) is 0 Å². The fourth-order valence-corrected chi connectivity index (χ4v) is 6.36. The van der Waals surface area contributed by atoms with Gasteiger partial charge < -0.3 is 4.42 Å². The Labute approximate surface area is 247 Å². The third-order valence-electron chi connectivity index (χ3n) is 8.45. The number of aromatic nitrogens is 2. The summed E-state index contributed by atoms with van der Waals surface area (Å²) in [5, 5.41) is 7.87. The predicted octanol–water partition coefficient (Wildman–Crippen LogP) is 10.8. The van der Waals surface area contributed by atoms with Gasteiger partial charge in [0, 0.05) is 32.7 Å². The lowest BCUT2D eigenvalue weighted by Crippen LogP contribution is -1.95. The van der Waals surface area contributed by atoms with Crippen molar-refractivity contribution in [1.82, 2.24) is 9.97 Å². The van der Waals surface area contributed by atoms with E-state index in [1.54, 1.807) is 0 Å². The molecule has 0 unspecified atom stereocenters. The van der Waals surface area contributed by atoms with Crippen LogP contribution in [0.1, 0.15) is 0 Å². The number of para-hydroxylation sites is 1. The van der Waals surface area contributed by atoms with Crippen molar-refractivity contribution >= 4 is 54.4 Å². The Morgan fingerprint density at radius 2 is 1.14 bits per heavy atom. The van der Waals surface area contributed by atoms with Crippen molar-refractivity contribution in [2.24, 2.45) is 0 Å². The first-order valence-corrected chi connectivity index (χ1v) is 14.5. The molecule has 0 saturated carbocycles. The molecular weight excluding hydrogens is 524 g/mol. The van der Waals surface area contributed by atoms with Gasteiger partial charge in [-0.05, 0) is 63.7 Å². The van der Waals surface area contributed by atoms with Gasteiger partial charge in [-0.3, -0.25) is 0 Å². The predicted molar refractivity (Wildman–Crippen MR) is 178 cm³/mol. The molecule has 43 heavy (non-hydrogen) atoms. The van der Waals surface area contributed by atoms with Crippen molar-refractivity contribution in [3.8, 4) is 33.8 Å². The second-order valence-electron chi connectivity index (χ2n) is 11.0. The standard InChI is InChI=1S/C40H24N2O/c1-2-11-26(12-3-1)33-24-35-34-23-29(20-21-37(34)43-39(35)31-15-7-6-14-30(31)33)40-41-36-17-9-8-16-32(36)38(42-40)28-19-18-25-10-4-5-13-27(25)22-28/h1-24H. The third-order valence-corrected chi connectivity index (χ3v) is 8.45. The zero-order valence-electron chi connectivity index (χ0n) is 23.2. The smallest absolute Gasteiger partial charge is 0.160 e. The quantitative estimate of drug-likeness (QED) is 0.220. The van der Waals surface area contributed by atoms with Crippen LogP contribution >= 0.6 is 0 Å². The number of nitrogens with zero attached hydrogens (tertiary/aromatic N) is 2. The first kappa shape index (κ1) is 23.9. The maximum absolute atomic E-state index is 6.51. The molecule has 0 atom stereocenters. The molecule has 0 aliphatic heterocycles. The summed E-state index contributed by atoms with van der Waals surface area (Å²) in [6, 6.07) is 50.8. The highest BCUT2D eigenvalue weighted by molar-refractivity contribution is 6.19. The van der Waals surface area contributed by atoms with Gasteiger partial charge in [0.25, 0.3) is 0 Å². The van der Waals surface area contributed by atoms with E-state index in [2.05, 4.69) is 133 Å². The van der Waals surface area contributed by atoms with Crippen molar-refractivity contribution in [1.29, 1.82) is 0 Å². The minimum atomic E-state index is 0.696. The van der Waals surface area contributed by atoms with Crippen molar-refractivity contribution in [2.75, 3.05) is 0 Å². The first-order valence-electron chi connectivity index (χ1n) is 14.5. The molecule has 0 aliphatic rings. The summed E-state index contributed by atoms with van der Waals surface area (Å²) >= 11 is 0. The van der Waals surface area contributed by atoms with Gasteiger partial charge >= 0.3 is 0 Å². The summed E-state index contributed by atoms with van der Waals surface area (Å²) in [6.45, 7) is 0. The summed E-state index contributed by atoms with van der Waals surface area (Å²) in [4.78, 5) is 10.2. The highest BCUT2D eigenvalue weighted by Gasteiger charge is 2.17. The van der Waals surface area contributed by atoms with Crippen molar-refractivity contribution in [2.45, 2.75) is 0 Å². The van der Waals surface area contributed by atoms with E-state index in [-0.39, 0.29) is 0 Å². The molecule has 9 aromatic rings. The van der Waals surface area contributed by atoms with E-state index in [1.165, 1.54) is 27.3 Å². The third kappa shape index (κ3) is 3.83. The van der Waals surface area contributed by atoms with E-state index in [0.717, 1.165) is 55.0 Å². The fraction of sp³-hybridized carbons (Fsp3) is 0. The number of furan rings is 1. The van der Waals surface area contributed by atoms with Crippen LogP contribution in [-0.4, -0.2) is 9.97 Å². The van der Waals surface area contributed by atoms with Crippen LogP contribution in [0.25, 0.3) is 88.2 Å². The molecule has 0 radical (unpaired) electrons. The molecule has 0 amide bonds. The lowest BCUT2D eigenvalue weighted by Gasteiger charge is -2.10. The van der Waals surface area contributed by atoms with Gasteiger partial charge in [-0.25, -0.2) is 9.97 Å². The molecule has 0 saturated heterocycles. The van der Waals surface area contributed by atoms with Crippen LogP contribution < -0.4 is 0 Å². The van der Waals surface area contributed by atoms with Gasteiger partial charge in [-0.15, -0.1) is 0 Å². The number of hydrogen-bond acceptors (Lipinski definition) is 3. The Hall–Kier alpha value is -5.80. The summed E-state index contributed by atoms with van der Waals surface area (Å²) in [5.41, 5.74) is 8.01. The molecule has 0 spiro atoms. The molecule has 7 aromatic carbocycles. The van der Waals surface area contributed by atoms with Crippen LogP contribution in [0.2, 0.25) is 0 Å². The van der Waals surface area contributed by atoms with Crippen molar-refractivity contribution < 1.29 is 4.42 Å². The van der Waals surface area contributed by atoms with Crippen molar-refractivity contribution in [3.05, 3.63) is 146 Å². The van der Waals surface area contributed by atoms with E-state index in [4.69, 9.17) is 14.4 Å². The molecule has 0 N–H and O–H groups in total. The maximum Gasteiger partial charge on any atom is 0.160 e. The molecule has 3 nitrogen and oxygen atoms in total. The molecular formula is C40H24N2O. The molecule has 0 fully saturated rings. The van der Waals surface area contributed by atoms with E-state index >= 15 is 0 Å². The van der Waals surface area contributed by atoms with Crippen LogP contribution in [0, 0.1) is 0 Å². The molecule has 0 aliphatic carbocycles. The second kappa shape index (κ2) is 9.37. The fourth-order valence-electron chi connectivity index (χ4n) is 6.36. The highest BCUT2D eigenvalue weighted by atomic mass is 16.3. The number of benzene rings is 7. The maximum atomic E-state index is 6.51. The van der Waals surface area contributed by atoms with Gasteiger partial charge in [0.15, 0.2) is 5.82 Å². The summed E-state index contributed by atoms with van der Waals surface area (Å²) in [5.74, 6) is 0.696. The van der Waals surface area contributed by atoms with Gasteiger partial charge in [-0.2, -0.15) is 0 Å². The monoisotopic (exact) mass is 548 g/mol. The lowest BCUT2D eigenvalue weighted by molar-refractivity contribution is 0.672. The Morgan fingerprint density at radius 1 is 0.419 bits per heavy atom. The summed E-state index contributed by atoms with van der Waals surface area (Å²) < 4.78 is 6.51. The van der Waals surface area contributed by atoms with Crippen LogP contribution in [0.4, 0.5) is 0 Å². The highest BCUT2D eigenvalue weighted by Crippen LogP contribution is 2.41. The molecule has 2 heterocycles. The normalized spacial score (nSPS) is 11.7. The molecule has 3 heteroatoms. The van der Waals surface area contributed by atoms with E-state index in [9.17, 15) is 0 Å². The molecule has 9 rings (SSSR count). The van der Waals surface area contributed by atoms with Gasteiger partial charge in [0.2, 0.25) is 0 Å². The Bertz CT molecular complexity index is 2510. The van der Waals surface area contributed by atoms with Gasteiger partial charge in [-0.1, -0.05) is 109 Å². The van der Waals surface area contributed by atoms with Crippen molar-refractivity contribution in [3.63, 3.8) is 0 Å². The minimum absolute atomic E-state index is 0.696. The number of rotatable bonds is 3. The summed E-state index contributed by atoms with van der Waals surface area (Å²) in [7, 11) is 0. The SMILES string of the molecule is c1ccc(-c2cc3c4cc(-c5nc(-c6ccc7ccccc7c6)c6ccccc6n5)ccc4oc3c3ccccc23)cc1. The Kier molecular flexibility index (Phi) is 5.20. The molecule has 0 bridgehead atoms. The molecule has 2 aromatic heterocycles.